The third-order valence-corrected chi connectivity index (χ3v) is 6.47. The zero-order chi connectivity index (χ0) is 23.4. The van der Waals surface area contributed by atoms with Gasteiger partial charge in [-0.15, -0.1) is 0 Å². The molecule has 1 aliphatic rings. The molecule has 3 aromatic rings. The summed E-state index contributed by atoms with van der Waals surface area (Å²) in [6.07, 6.45) is 3.16. The van der Waals surface area contributed by atoms with Crippen LogP contribution in [0.15, 0.2) is 54.6 Å². The number of hydrogen-bond acceptors (Lipinski definition) is 3. The topological polar surface area (TPSA) is 38.7 Å². The standard InChI is InChI=1S/C27H27F3O3/c1-32-25-13-9-20(14-24(25)28)18-6-10-22(11-7-18)33-16-21-8-12-23(27(30)26(21)29)19-4-2-17(15-31)3-5-19/h6-14,17,19,31H,2-5,15-16H2,1H3. The van der Waals surface area contributed by atoms with Crippen LogP contribution in [-0.2, 0) is 6.61 Å². The van der Waals surface area contributed by atoms with E-state index >= 15 is 0 Å². The maximum atomic E-state index is 14.8. The highest BCUT2D eigenvalue weighted by atomic mass is 19.2. The monoisotopic (exact) mass is 456 g/mol. The van der Waals surface area contributed by atoms with Gasteiger partial charge in [0, 0.05) is 12.2 Å². The van der Waals surface area contributed by atoms with Gasteiger partial charge in [-0.25, -0.2) is 13.2 Å². The Kier molecular flexibility index (Phi) is 7.23. The second-order valence-corrected chi connectivity index (χ2v) is 8.50. The van der Waals surface area contributed by atoms with Crippen molar-refractivity contribution < 1.29 is 27.8 Å². The minimum atomic E-state index is -0.873. The van der Waals surface area contributed by atoms with Crippen LogP contribution in [0.2, 0.25) is 0 Å². The molecule has 174 valence electrons. The molecular formula is C27H27F3O3. The van der Waals surface area contributed by atoms with Crippen LogP contribution in [-0.4, -0.2) is 18.8 Å². The highest BCUT2D eigenvalue weighted by molar-refractivity contribution is 5.65. The predicted octanol–water partition coefficient (Wildman–Crippen LogP) is 6.62. The average molecular weight is 457 g/mol. The van der Waals surface area contributed by atoms with Crippen LogP contribution in [0.3, 0.4) is 0 Å². The average Bonchev–Trinajstić information content (AvgIpc) is 2.85. The number of ether oxygens (including phenoxy) is 2. The molecule has 0 atom stereocenters. The molecule has 4 rings (SSSR count). The van der Waals surface area contributed by atoms with E-state index in [1.54, 1.807) is 48.5 Å². The van der Waals surface area contributed by atoms with E-state index in [0.717, 1.165) is 31.2 Å². The number of benzene rings is 3. The van der Waals surface area contributed by atoms with Gasteiger partial charge in [-0.1, -0.05) is 30.3 Å². The number of aliphatic hydroxyl groups excluding tert-OH is 1. The highest BCUT2D eigenvalue weighted by Gasteiger charge is 2.26. The van der Waals surface area contributed by atoms with Gasteiger partial charge in [-0.2, -0.15) is 0 Å². The molecule has 0 bridgehead atoms. The fourth-order valence-electron chi connectivity index (χ4n) is 4.44. The van der Waals surface area contributed by atoms with Gasteiger partial charge in [0.1, 0.15) is 12.4 Å². The molecule has 1 aliphatic carbocycles. The first kappa shape index (κ1) is 23.2. The molecule has 3 aromatic carbocycles. The third kappa shape index (κ3) is 5.17. The van der Waals surface area contributed by atoms with E-state index < -0.39 is 17.5 Å². The van der Waals surface area contributed by atoms with Crippen molar-refractivity contribution in [3.8, 4) is 22.6 Å². The fourth-order valence-corrected chi connectivity index (χ4v) is 4.44. The SMILES string of the molecule is COc1ccc(-c2ccc(OCc3ccc(C4CCC(CO)CC4)c(F)c3F)cc2)cc1F. The van der Waals surface area contributed by atoms with Crippen molar-refractivity contribution in [3.05, 3.63) is 83.2 Å². The molecule has 0 unspecified atom stereocenters. The number of aliphatic hydroxyl groups is 1. The summed E-state index contributed by atoms with van der Waals surface area (Å²) >= 11 is 0. The Labute approximate surface area is 191 Å². The Bertz CT molecular complexity index is 1090. The van der Waals surface area contributed by atoms with E-state index in [1.165, 1.54) is 13.2 Å². The number of rotatable bonds is 7. The molecule has 0 heterocycles. The van der Waals surface area contributed by atoms with Gasteiger partial charge >= 0.3 is 0 Å². The molecule has 6 heteroatoms. The zero-order valence-electron chi connectivity index (χ0n) is 18.5. The first-order valence-corrected chi connectivity index (χ1v) is 11.1. The first-order chi connectivity index (χ1) is 16.0. The van der Waals surface area contributed by atoms with E-state index in [9.17, 15) is 18.3 Å². The molecule has 1 N–H and O–H groups in total. The molecule has 1 saturated carbocycles. The van der Waals surface area contributed by atoms with Crippen molar-refractivity contribution in [2.75, 3.05) is 13.7 Å². The number of methoxy groups -OCH3 is 1. The van der Waals surface area contributed by atoms with Gasteiger partial charge in [0.2, 0.25) is 0 Å². The number of hydrogen-bond donors (Lipinski definition) is 1. The van der Waals surface area contributed by atoms with E-state index in [0.29, 0.717) is 16.9 Å². The molecule has 3 nitrogen and oxygen atoms in total. The van der Waals surface area contributed by atoms with Crippen LogP contribution >= 0.6 is 0 Å². The lowest BCUT2D eigenvalue weighted by molar-refractivity contribution is 0.181. The van der Waals surface area contributed by atoms with Crippen molar-refractivity contribution >= 4 is 0 Å². The van der Waals surface area contributed by atoms with Gasteiger partial charge in [0.25, 0.3) is 0 Å². The molecule has 0 spiro atoms. The second kappa shape index (κ2) is 10.3. The van der Waals surface area contributed by atoms with E-state index in [2.05, 4.69) is 0 Å². The molecule has 0 aromatic heterocycles. The molecule has 0 saturated heterocycles. The number of halogens is 3. The smallest absolute Gasteiger partial charge is 0.165 e. The van der Waals surface area contributed by atoms with Crippen molar-refractivity contribution in [3.63, 3.8) is 0 Å². The Balaban J connectivity index is 1.41. The van der Waals surface area contributed by atoms with Gasteiger partial charge in [-0.05, 0) is 78.5 Å². The summed E-state index contributed by atoms with van der Waals surface area (Å²) in [5.41, 5.74) is 2.04. The van der Waals surface area contributed by atoms with Gasteiger partial charge < -0.3 is 14.6 Å². The normalized spacial score (nSPS) is 18.2. The lowest BCUT2D eigenvalue weighted by Crippen LogP contribution is -2.17. The van der Waals surface area contributed by atoms with Crippen LogP contribution in [0, 0.1) is 23.4 Å². The van der Waals surface area contributed by atoms with Crippen molar-refractivity contribution in [1.29, 1.82) is 0 Å². The molecule has 1 fully saturated rings. The molecular weight excluding hydrogens is 429 g/mol. The maximum Gasteiger partial charge on any atom is 0.165 e. The van der Waals surface area contributed by atoms with E-state index in [1.807, 2.05) is 0 Å². The van der Waals surface area contributed by atoms with Gasteiger partial charge in [-0.3, -0.25) is 0 Å². The minimum Gasteiger partial charge on any atom is -0.494 e. The summed E-state index contributed by atoms with van der Waals surface area (Å²) in [6.45, 7) is 0.0502. The third-order valence-electron chi connectivity index (χ3n) is 6.47. The highest BCUT2D eigenvalue weighted by Crippen LogP contribution is 2.37. The minimum absolute atomic E-state index is 0.0207. The first-order valence-electron chi connectivity index (χ1n) is 11.1. The summed E-state index contributed by atoms with van der Waals surface area (Å²) in [6, 6.07) is 14.9. The zero-order valence-corrected chi connectivity index (χ0v) is 18.5. The largest absolute Gasteiger partial charge is 0.494 e. The molecule has 0 amide bonds. The Morgan fingerprint density at radius 3 is 2.18 bits per heavy atom. The lowest BCUT2D eigenvalue weighted by atomic mass is 9.78. The Hall–Kier alpha value is -2.99. The second-order valence-electron chi connectivity index (χ2n) is 8.50. The maximum absolute atomic E-state index is 14.8. The van der Waals surface area contributed by atoms with Crippen LogP contribution in [0.4, 0.5) is 13.2 Å². The Morgan fingerprint density at radius 2 is 1.55 bits per heavy atom. The van der Waals surface area contributed by atoms with Crippen LogP contribution in [0.25, 0.3) is 11.1 Å². The van der Waals surface area contributed by atoms with Gasteiger partial charge in [0.15, 0.2) is 23.2 Å². The summed E-state index contributed by atoms with van der Waals surface area (Å²) in [5.74, 6) is -1.21. The summed E-state index contributed by atoms with van der Waals surface area (Å²) in [4.78, 5) is 0. The fraction of sp³-hybridized carbons (Fsp3) is 0.333. The van der Waals surface area contributed by atoms with Gasteiger partial charge in [0.05, 0.1) is 7.11 Å². The summed E-state index contributed by atoms with van der Waals surface area (Å²) < 4.78 is 54.0. The molecule has 0 aliphatic heterocycles. The molecule has 0 radical (unpaired) electrons. The quantitative estimate of drug-likeness (QED) is 0.434. The van der Waals surface area contributed by atoms with Crippen LogP contribution in [0.5, 0.6) is 11.5 Å². The van der Waals surface area contributed by atoms with Crippen molar-refractivity contribution in [2.45, 2.75) is 38.2 Å². The van der Waals surface area contributed by atoms with Crippen molar-refractivity contribution in [1.82, 2.24) is 0 Å². The molecule has 33 heavy (non-hydrogen) atoms. The summed E-state index contributed by atoms with van der Waals surface area (Å²) in [5, 5.41) is 9.27. The van der Waals surface area contributed by atoms with E-state index in [4.69, 9.17) is 9.47 Å². The van der Waals surface area contributed by atoms with Crippen LogP contribution in [0.1, 0.15) is 42.7 Å². The lowest BCUT2D eigenvalue weighted by Gasteiger charge is -2.28. The van der Waals surface area contributed by atoms with Crippen molar-refractivity contribution in [2.24, 2.45) is 5.92 Å². The van der Waals surface area contributed by atoms with E-state index in [-0.39, 0.29) is 36.4 Å². The predicted molar refractivity (Wildman–Crippen MR) is 121 cm³/mol. The summed E-state index contributed by atoms with van der Waals surface area (Å²) in [7, 11) is 1.41. The van der Waals surface area contributed by atoms with Crippen LogP contribution < -0.4 is 9.47 Å². The Morgan fingerprint density at radius 1 is 0.848 bits per heavy atom.